The van der Waals surface area contributed by atoms with E-state index in [0.717, 1.165) is 30.4 Å². The van der Waals surface area contributed by atoms with Gasteiger partial charge < -0.3 is 20.1 Å². The molecule has 6 heteroatoms. The van der Waals surface area contributed by atoms with Gasteiger partial charge in [-0.2, -0.15) is 0 Å². The molecule has 0 aliphatic heterocycles. The van der Waals surface area contributed by atoms with Crippen molar-refractivity contribution < 1.29 is 9.47 Å². The fourth-order valence-electron chi connectivity index (χ4n) is 1.71. The van der Waals surface area contributed by atoms with Gasteiger partial charge in [0.25, 0.3) is 0 Å². The summed E-state index contributed by atoms with van der Waals surface area (Å²) in [6.07, 6.45) is 1.13. The Labute approximate surface area is 150 Å². The summed E-state index contributed by atoms with van der Waals surface area (Å²) in [5.41, 5.74) is 0. The molecule has 0 heterocycles. The third kappa shape index (κ3) is 8.96. The molecule has 0 saturated heterocycles. The number of rotatable bonds is 8. The van der Waals surface area contributed by atoms with Crippen molar-refractivity contribution in [1.82, 2.24) is 10.6 Å². The molecule has 1 rings (SSSR count). The van der Waals surface area contributed by atoms with Crippen LogP contribution in [0.25, 0.3) is 0 Å². The van der Waals surface area contributed by atoms with Gasteiger partial charge in [0.2, 0.25) is 0 Å². The monoisotopic (exact) mass is 421 g/mol. The Balaban J connectivity index is 0.00000441. The average molecular weight is 421 g/mol. The number of nitrogens with one attached hydrogen (secondary N) is 2. The highest BCUT2D eigenvalue weighted by molar-refractivity contribution is 14.0. The lowest BCUT2D eigenvalue weighted by Gasteiger charge is -2.13. The minimum atomic E-state index is 0. The number of hydrogen-bond acceptors (Lipinski definition) is 3. The van der Waals surface area contributed by atoms with E-state index in [2.05, 4.69) is 29.5 Å². The highest BCUT2D eigenvalue weighted by Crippen LogP contribution is 2.16. The molecule has 5 nitrogen and oxygen atoms in total. The topological polar surface area (TPSA) is 54.9 Å². The van der Waals surface area contributed by atoms with Crippen LogP contribution in [0.1, 0.15) is 20.3 Å². The van der Waals surface area contributed by atoms with E-state index in [1.807, 2.05) is 24.3 Å². The molecular formula is C16H28IN3O2. The molecule has 0 radical (unpaired) electrons. The fraction of sp³-hybridized carbons (Fsp3) is 0.562. The molecule has 2 N–H and O–H groups in total. The zero-order chi connectivity index (χ0) is 15.5. The van der Waals surface area contributed by atoms with Gasteiger partial charge in [0.15, 0.2) is 5.96 Å². The van der Waals surface area contributed by atoms with Crippen molar-refractivity contribution in [2.24, 2.45) is 10.9 Å². The molecular weight excluding hydrogens is 393 g/mol. The van der Waals surface area contributed by atoms with Crippen LogP contribution in [0, 0.1) is 5.92 Å². The van der Waals surface area contributed by atoms with E-state index in [1.165, 1.54) is 0 Å². The third-order valence-electron chi connectivity index (χ3n) is 2.96. The van der Waals surface area contributed by atoms with E-state index < -0.39 is 0 Å². The molecule has 126 valence electrons. The van der Waals surface area contributed by atoms with Crippen molar-refractivity contribution in [3.05, 3.63) is 24.3 Å². The standard InChI is InChI=1S/C16H27N3O2.HI/c1-13(2)9-10-18-16(17-3)19-11-12-21-15-7-5-14(20-4)6-8-15;/h5-8,13H,9-12H2,1-4H3,(H2,17,18,19);1H. The van der Waals surface area contributed by atoms with Crippen LogP contribution in [0.5, 0.6) is 11.5 Å². The molecule has 0 aromatic heterocycles. The molecule has 0 unspecified atom stereocenters. The van der Waals surface area contributed by atoms with Crippen LogP contribution in [-0.4, -0.2) is 39.8 Å². The molecule has 1 aromatic rings. The number of benzene rings is 1. The molecule has 0 fully saturated rings. The van der Waals surface area contributed by atoms with Crippen molar-refractivity contribution in [2.75, 3.05) is 33.9 Å². The van der Waals surface area contributed by atoms with E-state index in [9.17, 15) is 0 Å². The van der Waals surface area contributed by atoms with Gasteiger partial charge >= 0.3 is 0 Å². The smallest absolute Gasteiger partial charge is 0.191 e. The maximum absolute atomic E-state index is 5.64. The lowest BCUT2D eigenvalue weighted by Crippen LogP contribution is -2.39. The maximum Gasteiger partial charge on any atom is 0.191 e. The Morgan fingerprint density at radius 1 is 1.09 bits per heavy atom. The normalized spacial score (nSPS) is 10.9. The quantitative estimate of drug-likeness (QED) is 0.293. The first-order valence-corrected chi connectivity index (χ1v) is 7.37. The fourth-order valence-corrected chi connectivity index (χ4v) is 1.71. The average Bonchev–Trinajstić information content (AvgIpc) is 2.50. The van der Waals surface area contributed by atoms with Crippen molar-refractivity contribution in [3.8, 4) is 11.5 Å². The number of halogens is 1. The number of guanidine groups is 1. The largest absolute Gasteiger partial charge is 0.497 e. The van der Waals surface area contributed by atoms with Gasteiger partial charge in [-0.05, 0) is 36.6 Å². The number of ether oxygens (including phenoxy) is 2. The number of hydrogen-bond donors (Lipinski definition) is 2. The first-order valence-electron chi connectivity index (χ1n) is 7.37. The van der Waals surface area contributed by atoms with Crippen molar-refractivity contribution in [3.63, 3.8) is 0 Å². The third-order valence-corrected chi connectivity index (χ3v) is 2.96. The van der Waals surface area contributed by atoms with Crippen LogP contribution in [0.15, 0.2) is 29.3 Å². The Morgan fingerprint density at radius 2 is 1.68 bits per heavy atom. The van der Waals surface area contributed by atoms with Crippen LogP contribution >= 0.6 is 24.0 Å². The molecule has 0 saturated carbocycles. The van der Waals surface area contributed by atoms with E-state index in [4.69, 9.17) is 9.47 Å². The summed E-state index contributed by atoms with van der Waals surface area (Å²) in [7, 11) is 3.42. The molecule has 0 amide bonds. The van der Waals surface area contributed by atoms with Crippen LogP contribution in [-0.2, 0) is 0 Å². The molecule has 0 atom stereocenters. The molecule has 0 spiro atoms. The summed E-state index contributed by atoms with van der Waals surface area (Å²) >= 11 is 0. The zero-order valence-corrected chi connectivity index (χ0v) is 16.2. The van der Waals surface area contributed by atoms with Crippen LogP contribution in [0.2, 0.25) is 0 Å². The van der Waals surface area contributed by atoms with Gasteiger partial charge in [0.05, 0.1) is 13.7 Å². The van der Waals surface area contributed by atoms with Gasteiger partial charge in [0.1, 0.15) is 18.1 Å². The molecule has 0 bridgehead atoms. The second-order valence-electron chi connectivity index (χ2n) is 5.13. The van der Waals surface area contributed by atoms with E-state index >= 15 is 0 Å². The van der Waals surface area contributed by atoms with Crippen molar-refractivity contribution in [1.29, 1.82) is 0 Å². The van der Waals surface area contributed by atoms with Gasteiger partial charge in [-0.1, -0.05) is 13.8 Å². The van der Waals surface area contributed by atoms with Gasteiger partial charge in [-0.15, -0.1) is 24.0 Å². The Bertz CT molecular complexity index is 422. The maximum atomic E-state index is 5.64. The highest BCUT2D eigenvalue weighted by atomic mass is 127. The predicted molar refractivity (Wildman–Crippen MR) is 103 cm³/mol. The SMILES string of the molecule is CN=C(NCCOc1ccc(OC)cc1)NCCC(C)C.I. The minimum absolute atomic E-state index is 0. The van der Waals surface area contributed by atoms with Crippen molar-refractivity contribution >= 4 is 29.9 Å². The predicted octanol–water partition coefficient (Wildman–Crippen LogP) is 2.90. The van der Waals surface area contributed by atoms with Crippen LogP contribution < -0.4 is 20.1 Å². The first-order chi connectivity index (χ1) is 10.2. The lowest BCUT2D eigenvalue weighted by atomic mass is 10.1. The molecule has 0 aliphatic carbocycles. The van der Waals surface area contributed by atoms with E-state index in [1.54, 1.807) is 14.2 Å². The van der Waals surface area contributed by atoms with Crippen LogP contribution in [0.3, 0.4) is 0 Å². The highest BCUT2D eigenvalue weighted by Gasteiger charge is 1.99. The summed E-state index contributed by atoms with van der Waals surface area (Å²) in [5.74, 6) is 3.17. The first kappa shape index (κ1) is 20.8. The lowest BCUT2D eigenvalue weighted by molar-refractivity contribution is 0.321. The second-order valence-corrected chi connectivity index (χ2v) is 5.13. The summed E-state index contributed by atoms with van der Waals surface area (Å²) < 4.78 is 10.7. The van der Waals surface area contributed by atoms with E-state index in [0.29, 0.717) is 19.1 Å². The number of methoxy groups -OCH3 is 1. The summed E-state index contributed by atoms with van der Waals surface area (Å²) in [6.45, 7) is 6.63. The Morgan fingerprint density at radius 3 is 2.23 bits per heavy atom. The minimum Gasteiger partial charge on any atom is -0.497 e. The van der Waals surface area contributed by atoms with Gasteiger partial charge in [-0.25, -0.2) is 0 Å². The molecule has 22 heavy (non-hydrogen) atoms. The summed E-state index contributed by atoms with van der Waals surface area (Å²) in [4.78, 5) is 4.17. The Kier molecular flexibility index (Phi) is 11.7. The molecule has 0 aliphatic rings. The van der Waals surface area contributed by atoms with Crippen molar-refractivity contribution in [2.45, 2.75) is 20.3 Å². The van der Waals surface area contributed by atoms with Crippen LogP contribution in [0.4, 0.5) is 0 Å². The number of nitrogens with zero attached hydrogens (tertiary/aromatic N) is 1. The molecule has 1 aromatic carbocycles. The summed E-state index contributed by atoms with van der Waals surface area (Å²) in [6, 6.07) is 7.56. The summed E-state index contributed by atoms with van der Waals surface area (Å²) in [5, 5.41) is 6.51. The zero-order valence-electron chi connectivity index (χ0n) is 13.9. The van der Waals surface area contributed by atoms with E-state index in [-0.39, 0.29) is 24.0 Å². The van der Waals surface area contributed by atoms with Gasteiger partial charge in [-0.3, -0.25) is 4.99 Å². The Hall–Kier alpha value is -1.18. The second kappa shape index (κ2) is 12.4. The van der Waals surface area contributed by atoms with Gasteiger partial charge in [0, 0.05) is 13.6 Å². The number of aliphatic imine (C=N–C) groups is 1.